The normalized spacial score (nSPS) is 10.6. The summed E-state index contributed by atoms with van der Waals surface area (Å²) in [7, 11) is 0. The molecule has 0 unspecified atom stereocenters. The Bertz CT molecular complexity index is 932. The Balaban J connectivity index is 1.91. The Kier molecular flexibility index (Phi) is 4.04. The highest BCUT2D eigenvalue weighted by Crippen LogP contribution is 2.22. The van der Waals surface area contributed by atoms with E-state index in [4.69, 9.17) is 0 Å². The van der Waals surface area contributed by atoms with Gasteiger partial charge >= 0.3 is 5.69 Å². The molecule has 0 radical (unpaired) electrons. The van der Waals surface area contributed by atoms with E-state index in [9.17, 15) is 9.59 Å². The van der Waals surface area contributed by atoms with Crippen LogP contribution in [0.2, 0.25) is 0 Å². The number of benzene rings is 2. The van der Waals surface area contributed by atoms with Gasteiger partial charge in [0, 0.05) is 5.69 Å². The molecule has 122 valence electrons. The van der Waals surface area contributed by atoms with E-state index < -0.39 is 11.6 Å². The average molecular weight is 322 g/mol. The summed E-state index contributed by atoms with van der Waals surface area (Å²) in [5.41, 5.74) is 3.94. The van der Waals surface area contributed by atoms with E-state index in [1.807, 2.05) is 39.0 Å². The predicted molar refractivity (Wildman–Crippen MR) is 92.8 cm³/mol. The summed E-state index contributed by atoms with van der Waals surface area (Å²) in [6.45, 7) is 5.87. The fraction of sp³-hybridized carbons (Fsp3) is 0.167. The minimum atomic E-state index is -0.455. The highest BCUT2D eigenvalue weighted by atomic mass is 16.2. The number of H-pyrrole nitrogens is 1. The van der Waals surface area contributed by atoms with Crippen LogP contribution < -0.4 is 11.0 Å². The molecule has 3 aromatic rings. The lowest BCUT2D eigenvalue weighted by Gasteiger charge is -2.11. The Morgan fingerprint density at radius 3 is 2.33 bits per heavy atom. The van der Waals surface area contributed by atoms with Crippen molar-refractivity contribution in [2.24, 2.45) is 0 Å². The van der Waals surface area contributed by atoms with Crippen LogP contribution in [0, 0.1) is 20.8 Å². The molecule has 0 bridgehead atoms. The minimum Gasteiger partial charge on any atom is -0.319 e. The highest BCUT2D eigenvalue weighted by Gasteiger charge is 2.16. The second-order valence-electron chi connectivity index (χ2n) is 5.75. The summed E-state index contributed by atoms with van der Waals surface area (Å²) in [6.07, 6.45) is 0. The lowest BCUT2D eigenvalue weighted by Crippen LogP contribution is -2.16. The molecule has 1 aromatic heterocycles. The molecule has 0 fully saturated rings. The zero-order valence-electron chi connectivity index (χ0n) is 13.8. The minimum absolute atomic E-state index is 0.0248. The van der Waals surface area contributed by atoms with Gasteiger partial charge in [-0.3, -0.25) is 9.78 Å². The fourth-order valence-electron chi connectivity index (χ4n) is 2.72. The van der Waals surface area contributed by atoms with Gasteiger partial charge in [0.2, 0.25) is 5.82 Å². The van der Waals surface area contributed by atoms with Crippen molar-refractivity contribution in [3.05, 3.63) is 75.5 Å². The van der Waals surface area contributed by atoms with Crippen LogP contribution in [-0.2, 0) is 0 Å². The van der Waals surface area contributed by atoms with Gasteiger partial charge in [0.25, 0.3) is 5.91 Å². The Morgan fingerprint density at radius 2 is 1.71 bits per heavy atom. The molecule has 2 N–H and O–H groups in total. The summed E-state index contributed by atoms with van der Waals surface area (Å²) >= 11 is 0. The first kappa shape index (κ1) is 15.7. The largest absolute Gasteiger partial charge is 0.348 e. The number of aromatic nitrogens is 3. The van der Waals surface area contributed by atoms with Crippen molar-refractivity contribution in [2.45, 2.75) is 20.8 Å². The van der Waals surface area contributed by atoms with Crippen LogP contribution in [0.3, 0.4) is 0 Å². The fourth-order valence-corrected chi connectivity index (χ4v) is 2.72. The second kappa shape index (κ2) is 6.16. The number of anilines is 1. The molecule has 3 rings (SSSR count). The number of nitrogens with zero attached hydrogens (tertiary/aromatic N) is 2. The topological polar surface area (TPSA) is 79.8 Å². The highest BCUT2D eigenvalue weighted by molar-refractivity contribution is 6.02. The van der Waals surface area contributed by atoms with Crippen molar-refractivity contribution in [1.82, 2.24) is 14.8 Å². The van der Waals surface area contributed by atoms with Gasteiger partial charge in [0.1, 0.15) is 0 Å². The van der Waals surface area contributed by atoms with E-state index in [0.717, 1.165) is 22.4 Å². The van der Waals surface area contributed by atoms with E-state index in [1.165, 1.54) is 4.68 Å². The van der Waals surface area contributed by atoms with E-state index in [2.05, 4.69) is 15.4 Å². The van der Waals surface area contributed by atoms with E-state index >= 15 is 0 Å². The number of aromatic amines is 1. The first-order valence-corrected chi connectivity index (χ1v) is 7.59. The van der Waals surface area contributed by atoms with Gasteiger partial charge in [0.15, 0.2) is 0 Å². The number of nitrogens with one attached hydrogen (secondary N) is 2. The molecule has 6 nitrogen and oxygen atoms in total. The van der Waals surface area contributed by atoms with Crippen molar-refractivity contribution in [3.63, 3.8) is 0 Å². The molecule has 1 heterocycles. The standard InChI is InChI=1S/C18H18N4O2/c1-11-9-12(2)15(13(3)10-11)19-17(23)16-20-18(24)22(21-16)14-7-5-4-6-8-14/h4-10H,1-3H3,(H,19,23)(H,20,21,24). The van der Waals surface area contributed by atoms with Crippen LogP contribution in [0.25, 0.3) is 5.69 Å². The molecule has 6 heteroatoms. The predicted octanol–water partition coefficient (Wildman–Crippen LogP) is 2.74. The third-order valence-electron chi connectivity index (χ3n) is 3.75. The van der Waals surface area contributed by atoms with Crippen LogP contribution in [0.5, 0.6) is 0 Å². The zero-order chi connectivity index (χ0) is 17.3. The molecular formula is C18H18N4O2. The molecule has 0 aliphatic rings. The van der Waals surface area contributed by atoms with Gasteiger partial charge in [-0.2, -0.15) is 4.68 Å². The molecule has 0 aliphatic carbocycles. The number of aryl methyl sites for hydroxylation is 3. The maximum Gasteiger partial charge on any atom is 0.348 e. The van der Waals surface area contributed by atoms with Crippen molar-refractivity contribution in [3.8, 4) is 5.69 Å². The molecule has 2 aromatic carbocycles. The second-order valence-corrected chi connectivity index (χ2v) is 5.75. The van der Waals surface area contributed by atoms with Crippen LogP contribution in [0.1, 0.15) is 27.3 Å². The van der Waals surface area contributed by atoms with Gasteiger partial charge in [0.05, 0.1) is 5.69 Å². The number of amides is 1. The Morgan fingerprint density at radius 1 is 1.08 bits per heavy atom. The SMILES string of the molecule is Cc1cc(C)c(NC(=O)c2nn(-c3ccccc3)c(=O)[nH]2)c(C)c1. The number of hydrogen-bond acceptors (Lipinski definition) is 3. The van der Waals surface area contributed by atoms with E-state index in [0.29, 0.717) is 5.69 Å². The van der Waals surface area contributed by atoms with Gasteiger partial charge < -0.3 is 5.32 Å². The zero-order valence-corrected chi connectivity index (χ0v) is 13.8. The summed E-state index contributed by atoms with van der Waals surface area (Å²) in [6, 6.07) is 12.9. The molecular weight excluding hydrogens is 304 g/mol. The van der Waals surface area contributed by atoms with Crippen molar-refractivity contribution in [1.29, 1.82) is 0 Å². The third kappa shape index (κ3) is 2.99. The number of rotatable bonds is 3. The molecule has 0 atom stereocenters. The maximum atomic E-state index is 12.4. The molecule has 0 saturated heterocycles. The number of para-hydroxylation sites is 1. The lowest BCUT2D eigenvalue weighted by atomic mass is 10.1. The molecule has 24 heavy (non-hydrogen) atoms. The number of carbonyl (C=O) groups excluding carboxylic acids is 1. The van der Waals surface area contributed by atoms with Gasteiger partial charge in [-0.1, -0.05) is 35.9 Å². The van der Waals surface area contributed by atoms with Crippen LogP contribution in [-0.4, -0.2) is 20.7 Å². The number of hydrogen-bond donors (Lipinski definition) is 2. The summed E-state index contributed by atoms with van der Waals surface area (Å²) in [5.74, 6) is -0.472. The van der Waals surface area contributed by atoms with Crippen molar-refractivity contribution >= 4 is 11.6 Å². The Hall–Kier alpha value is -3.15. The lowest BCUT2D eigenvalue weighted by molar-refractivity contribution is 0.101. The molecule has 1 amide bonds. The van der Waals surface area contributed by atoms with E-state index in [-0.39, 0.29) is 5.82 Å². The summed E-state index contributed by atoms with van der Waals surface area (Å²) < 4.78 is 1.17. The molecule has 0 aliphatic heterocycles. The van der Waals surface area contributed by atoms with Gasteiger partial charge in [-0.25, -0.2) is 4.79 Å². The van der Waals surface area contributed by atoms with Crippen molar-refractivity contribution in [2.75, 3.05) is 5.32 Å². The van der Waals surface area contributed by atoms with E-state index in [1.54, 1.807) is 24.3 Å². The monoisotopic (exact) mass is 322 g/mol. The Labute approximate surface area is 139 Å². The van der Waals surface area contributed by atoms with Crippen LogP contribution >= 0.6 is 0 Å². The maximum absolute atomic E-state index is 12.4. The first-order valence-electron chi connectivity index (χ1n) is 7.59. The number of carbonyl (C=O) groups is 1. The molecule has 0 spiro atoms. The van der Waals surface area contributed by atoms with Gasteiger partial charge in [-0.05, 0) is 44.0 Å². The van der Waals surface area contributed by atoms with Crippen molar-refractivity contribution < 1.29 is 4.79 Å². The first-order chi connectivity index (χ1) is 11.5. The van der Waals surface area contributed by atoms with Crippen LogP contribution in [0.4, 0.5) is 5.69 Å². The summed E-state index contributed by atoms with van der Waals surface area (Å²) in [4.78, 5) is 27.0. The quantitative estimate of drug-likeness (QED) is 0.778. The van der Waals surface area contributed by atoms with Gasteiger partial charge in [-0.15, -0.1) is 5.10 Å². The smallest absolute Gasteiger partial charge is 0.319 e. The summed E-state index contributed by atoms with van der Waals surface area (Å²) in [5, 5.41) is 6.92. The van der Waals surface area contributed by atoms with Crippen LogP contribution in [0.15, 0.2) is 47.3 Å². The average Bonchev–Trinajstić information content (AvgIpc) is 2.93. The molecule has 0 saturated carbocycles. The third-order valence-corrected chi connectivity index (χ3v) is 3.75.